The first-order valence-electron chi connectivity index (χ1n) is 6.83. The van der Waals surface area contributed by atoms with Crippen molar-refractivity contribution < 1.29 is 24.2 Å². The summed E-state index contributed by atoms with van der Waals surface area (Å²) in [6, 6.07) is 0. The maximum atomic E-state index is 12.1. The summed E-state index contributed by atoms with van der Waals surface area (Å²) in [6.45, 7) is 3.27. The largest absolute Gasteiger partial charge is 0.481 e. The molecule has 7 heteroatoms. The Hall–Kier alpha value is -1.63. The maximum absolute atomic E-state index is 12.1. The van der Waals surface area contributed by atoms with Gasteiger partial charge in [0, 0.05) is 32.7 Å². The maximum Gasteiger partial charge on any atom is 0.307 e. The van der Waals surface area contributed by atoms with Crippen LogP contribution in [0, 0.1) is 11.8 Å². The molecule has 1 amide bonds. The lowest BCUT2D eigenvalue weighted by atomic mass is 10.2. The van der Waals surface area contributed by atoms with Gasteiger partial charge in [0.05, 0.1) is 25.4 Å². The van der Waals surface area contributed by atoms with Gasteiger partial charge in [0.25, 0.3) is 0 Å². The Kier molecular flexibility index (Phi) is 4.59. The van der Waals surface area contributed by atoms with Crippen LogP contribution in [0.2, 0.25) is 0 Å². The van der Waals surface area contributed by atoms with Gasteiger partial charge in [-0.25, -0.2) is 0 Å². The number of carboxylic acid groups (broad SMARTS) is 1. The molecule has 0 radical (unpaired) electrons. The smallest absolute Gasteiger partial charge is 0.307 e. The van der Waals surface area contributed by atoms with Crippen LogP contribution >= 0.6 is 0 Å². The van der Waals surface area contributed by atoms with Gasteiger partial charge in [-0.3, -0.25) is 19.3 Å². The number of nitrogens with zero attached hydrogens (tertiary/aromatic N) is 2. The Labute approximate surface area is 117 Å². The minimum Gasteiger partial charge on any atom is -0.481 e. The number of esters is 1. The Balaban J connectivity index is 1.70. The van der Waals surface area contributed by atoms with Crippen molar-refractivity contribution in [2.75, 3.05) is 39.8 Å². The topological polar surface area (TPSA) is 87.2 Å². The quantitative estimate of drug-likeness (QED) is 0.679. The van der Waals surface area contributed by atoms with Crippen molar-refractivity contribution in [3.63, 3.8) is 0 Å². The summed E-state index contributed by atoms with van der Waals surface area (Å²) in [6.07, 6.45) is 0.824. The first-order valence-corrected chi connectivity index (χ1v) is 6.83. The van der Waals surface area contributed by atoms with Crippen LogP contribution in [-0.4, -0.2) is 72.6 Å². The van der Waals surface area contributed by atoms with Crippen LogP contribution in [0.5, 0.6) is 0 Å². The monoisotopic (exact) mass is 284 g/mol. The van der Waals surface area contributed by atoms with Gasteiger partial charge in [0.15, 0.2) is 0 Å². The molecule has 0 aromatic rings. The molecule has 2 rings (SSSR count). The molecular weight excluding hydrogens is 264 g/mol. The third-order valence-electron chi connectivity index (χ3n) is 3.97. The summed E-state index contributed by atoms with van der Waals surface area (Å²) in [5.41, 5.74) is 0. The average Bonchev–Trinajstić information content (AvgIpc) is 3.25. The van der Waals surface area contributed by atoms with Gasteiger partial charge in [-0.1, -0.05) is 0 Å². The molecule has 1 saturated carbocycles. The number of ether oxygens (including phenoxy) is 1. The highest BCUT2D eigenvalue weighted by Gasteiger charge is 2.49. The molecule has 20 heavy (non-hydrogen) atoms. The number of carbonyl (C=O) groups is 3. The number of piperazine rings is 1. The molecule has 1 heterocycles. The molecule has 2 atom stereocenters. The number of hydrogen-bond donors (Lipinski definition) is 1. The van der Waals surface area contributed by atoms with Gasteiger partial charge >= 0.3 is 11.9 Å². The fraction of sp³-hybridized carbons (Fsp3) is 0.769. The van der Waals surface area contributed by atoms with E-state index in [1.54, 1.807) is 4.90 Å². The van der Waals surface area contributed by atoms with Gasteiger partial charge in [0.1, 0.15) is 0 Å². The van der Waals surface area contributed by atoms with Gasteiger partial charge in [-0.05, 0) is 6.42 Å². The van der Waals surface area contributed by atoms with Crippen molar-refractivity contribution in [3.05, 3.63) is 0 Å². The van der Waals surface area contributed by atoms with E-state index in [2.05, 4.69) is 9.64 Å². The number of methoxy groups -OCH3 is 1. The molecule has 1 aliphatic heterocycles. The molecule has 1 N–H and O–H groups in total. The lowest BCUT2D eigenvalue weighted by Crippen LogP contribution is -2.49. The molecule has 2 aliphatic rings. The standard InChI is InChI=1S/C13H20N2O5/c1-20-11(16)2-3-14-4-6-15(7-5-14)12(17)9-8-10(9)13(18)19/h9-10H,2-8H2,1H3,(H,18,19). The van der Waals surface area contributed by atoms with Gasteiger partial charge < -0.3 is 14.7 Å². The van der Waals surface area contributed by atoms with E-state index in [0.29, 0.717) is 45.6 Å². The van der Waals surface area contributed by atoms with Crippen LogP contribution in [-0.2, 0) is 19.1 Å². The van der Waals surface area contributed by atoms with E-state index in [1.165, 1.54) is 7.11 Å². The van der Waals surface area contributed by atoms with Crippen molar-refractivity contribution in [2.24, 2.45) is 11.8 Å². The lowest BCUT2D eigenvalue weighted by molar-refractivity contribution is -0.142. The normalized spacial score (nSPS) is 26.1. The number of rotatable bonds is 5. The lowest BCUT2D eigenvalue weighted by Gasteiger charge is -2.34. The average molecular weight is 284 g/mol. The molecule has 0 aromatic carbocycles. The Morgan fingerprint density at radius 3 is 2.30 bits per heavy atom. The van der Waals surface area contributed by atoms with Crippen LogP contribution in [0.1, 0.15) is 12.8 Å². The predicted molar refractivity (Wildman–Crippen MR) is 68.9 cm³/mol. The number of amides is 1. The highest BCUT2D eigenvalue weighted by molar-refractivity contribution is 5.89. The number of carboxylic acids is 1. The zero-order valence-electron chi connectivity index (χ0n) is 11.6. The van der Waals surface area contributed by atoms with E-state index in [0.717, 1.165) is 0 Å². The summed E-state index contributed by atoms with van der Waals surface area (Å²) < 4.78 is 4.59. The SMILES string of the molecule is COC(=O)CCN1CCN(C(=O)C2CC2C(=O)O)CC1. The molecule has 0 spiro atoms. The summed E-state index contributed by atoms with van der Waals surface area (Å²) in [7, 11) is 1.37. The minimum atomic E-state index is -0.875. The second-order valence-electron chi connectivity index (χ2n) is 5.28. The van der Waals surface area contributed by atoms with E-state index >= 15 is 0 Å². The van der Waals surface area contributed by atoms with Crippen LogP contribution < -0.4 is 0 Å². The zero-order chi connectivity index (χ0) is 14.7. The van der Waals surface area contributed by atoms with E-state index in [1.807, 2.05) is 0 Å². The molecule has 2 unspecified atom stereocenters. The van der Waals surface area contributed by atoms with Crippen molar-refractivity contribution in [2.45, 2.75) is 12.8 Å². The van der Waals surface area contributed by atoms with Crippen molar-refractivity contribution >= 4 is 17.8 Å². The second-order valence-corrected chi connectivity index (χ2v) is 5.28. The summed E-state index contributed by atoms with van der Waals surface area (Å²) in [5.74, 6) is -1.95. The fourth-order valence-electron chi connectivity index (χ4n) is 2.52. The highest BCUT2D eigenvalue weighted by atomic mass is 16.5. The van der Waals surface area contributed by atoms with E-state index in [4.69, 9.17) is 5.11 Å². The molecule has 1 saturated heterocycles. The van der Waals surface area contributed by atoms with Gasteiger partial charge in [-0.15, -0.1) is 0 Å². The fourth-order valence-corrected chi connectivity index (χ4v) is 2.52. The van der Waals surface area contributed by atoms with E-state index < -0.39 is 11.9 Å². The number of aliphatic carboxylic acids is 1. The van der Waals surface area contributed by atoms with E-state index in [-0.39, 0.29) is 17.8 Å². The van der Waals surface area contributed by atoms with Crippen LogP contribution in [0.3, 0.4) is 0 Å². The molecule has 7 nitrogen and oxygen atoms in total. The van der Waals surface area contributed by atoms with Crippen molar-refractivity contribution in [1.82, 2.24) is 9.80 Å². The first kappa shape index (κ1) is 14.8. The highest BCUT2D eigenvalue weighted by Crippen LogP contribution is 2.40. The third kappa shape index (κ3) is 3.47. The first-order chi connectivity index (χ1) is 9.52. The number of carbonyl (C=O) groups excluding carboxylic acids is 2. The molecule has 112 valence electrons. The van der Waals surface area contributed by atoms with Crippen LogP contribution in [0.4, 0.5) is 0 Å². The number of hydrogen-bond acceptors (Lipinski definition) is 5. The van der Waals surface area contributed by atoms with Crippen molar-refractivity contribution in [1.29, 1.82) is 0 Å². The summed E-state index contributed by atoms with van der Waals surface area (Å²) in [5, 5.41) is 8.84. The zero-order valence-corrected chi connectivity index (χ0v) is 11.6. The molecule has 1 aliphatic carbocycles. The Bertz CT molecular complexity index is 404. The van der Waals surface area contributed by atoms with Gasteiger partial charge in [-0.2, -0.15) is 0 Å². The summed E-state index contributed by atoms with van der Waals surface area (Å²) in [4.78, 5) is 37.7. The van der Waals surface area contributed by atoms with E-state index in [9.17, 15) is 14.4 Å². The molecule has 0 aromatic heterocycles. The van der Waals surface area contributed by atoms with Gasteiger partial charge in [0.2, 0.25) is 5.91 Å². The Morgan fingerprint density at radius 1 is 1.15 bits per heavy atom. The summed E-state index contributed by atoms with van der Waals surface area (Å²) >= 11 is 0. The molecule has 2 fully saturated rings. The molecular formula is C13H20N2O5. The third-order valence-corrected chi connectivity index (χ3v) is 3.97. The van der Waals surface area contributed by atoms with Crippen LogP contribution in [0.15, 0.2) is 0 Å². The predicted octanol–water partition coefficient (Wildman–Crippen LogP) is -0.586. The van der Waals surface area contributed by atoms with Crippen LogP contribution in [0.25, 0.3) is 0 Å². The Morgan fingerprint density at radius 2 is 1.80 bits per heavy atom. The minimum absolute atomic E-state index is 0.0370. The molecule has 0 bridgehead atoms. The second kappa shape index (κ2) is 6.21. The van der Waals surface area contributed by atoms with Crippen molar-refractivity contribution in [3.8, 4) is 0 Å².